The van der Waals surface area contributed by atoms with Crippen molar-refractivity contribution in [2.75, 3.05) is 6.61 Å². The Morgan fingerprint density at radius 2 is 2.27 bits per heavy atom. The van der Waals surface area contributed by atoms with Gasteiger partial charge in [0.05, 0.1) is 6.61 Å². The number of ether oxygens (including phenoxy) is 1. The molecule has 11 heavy (non-hydrogen) atoms. The fraction of sp³-hybridized carbons (Fsp3) is 0.833. The van der Waals surface area contributed by atoms with E-state index >= 15 is 0 Å². The summed E-state index contributed by atoms with van der Waals surface area (Å²) in [4.78, 5) is 10.7. The second kappa shape index (κ2) is 2.44. The summed E-state index contributed by atoms with van der Waals surface area (Å²) in [6, 6.07) is 0. The first kappa shape index (κ1) is 8.45. The number of esters is 1. The summed E-state index contributed by atoms with van der Waals surface area (Å²) >= 11 is 0. The van der Waals surface area contributed by atoms with E-state index in [0.717, 1.165) is 6.92 Å². The number of aliphatic hydroxyl groups excluding tert-OH is 2. The molecule has 0 amide bonds. The molecule has 0 aliphatic carbocycles. The number of hydrogen-bond donors (Lipinski definition) is 3. The third-order valence-corrected chi connectivity index (χ3v) is 1.78. The molecule has 1 fully saturated rings. The maximum Gasteiger partial charge on any atom is 0.341 e. The maximum atomic E-state index is 10.7. The Bertz CT molecular complexity index is 176. The maximum absolute atomic E-state index is 10.7. The molecule has 64 valence electrons. The van der Waals surface area contributed by atoms with Gasteiger partial charge in [-0.25, -0.2) is 4.79 Å². The van der Waals surface area contributed by atoms with Gasteiger partial charge in [0, 0.05) is 0 Å². The van der Waals surface area contributed by atoms with E-state index in [1.807, 2.05) is 0 Å². The highest BCUT2D eigenvalue weighted by atomic mass is 16.6. The molecular formula is C6H10O5. The van der Waals surface area contributed by atoms with Gasteiger partial charge in [0.25, 0.3) is 0 Å². The van der Waals surface area contributed by atoms with Gasteiger partial charge in [-0.15, -0.1) is 0 Å². The molecular weight excluding hydrogens is 152 g/mol. The lowest BCUT2D eigenvalue weighted by atomic mass is 9.99. The predicted molar refractivity (Wildman–Crippen MR) is 33.6 cm³/mol. The molecule has 5 heteroatoms. The molecule has 1 unspecified atom stereocenters. The standard InChI is InChI=1S/C6H10O5/c1-6(10)4(8)3(2-7)11-5(6)9/h3-4,7-8,10H,2H2,1H3/t3-,4?,6+/m1/s1. The third-order valence-electron chi connectivity index (χ3n) is 1.78. The van der Waals surface area contributed by atoms with Gasteiger partial charge in [-0.2, -0.15) is 0 Å². The summed E-state index contributed by atoms with van der Waals surface area (Å²) in [7, 11) is 0. The molecule has 0 saturated carbocycles. The summed E-state index contributed by atoms with van der Waals surface area (Å²) in [5, 5.41) is 26.9. The van der Waals surface area contributed by atoms with Crippen molar-refractivity contribution in [1.82, 2.24) is 0 Å². The molecule has 0 radical (unpaired) electrons. The van der Waals surface area contributed by atoms with Gasteiger partial charge in [-0.1, -0.05) is 0 Å². The number of cyclic esters (lactones) is 1. The van der Waals surface area contributed by atoms with Gasteiger partial charge in [-0.3, -0.25) is 0 Å². The second-order valence-corrected chi connectivity index (χ2v) is 2.72. The second-order valence-electron chi connectivity index (χ2n) is 2.72. The van der Waals surface area contributed by atoms with Crippen LogP contribution in [0.2, 0.25) is 0 Å². The van der Waals surface area contributed by atoms with Gasteiger partial charge >= 0.3 is 5.97 Å². The lowest BCUT2D eigenvalue weighted by Gasteiger charge is -2.16. The Kier molecular flexibility index (Phi) is 1.87. The largest absolute Gasteiger partial charge is 0.455 e. The van der Waals surface area contributed by atoms with E-state index in [2.05, 4.69) is 4.74 Å². The first-order chi connectivity index (χ1) is 5.00. The Hall–Kier alpha value is -0.650. The lowest BCUT2D eigenvalue weighted by Crippen LogP contribution is -2.43. The van der Waals surface area contributed by atoms with E-state index in [1.54, 1.807) is 0 Å². The molecule has 0 aromatic rings. The molecule has 1 rings (SSSR count). The molecule has 3 N–H and O–H groups in total. The van der Waals surface area contributed by atoms with Crippen molar-refractivity contribution < 1.29 is 24.9 Å². The van der Waals surface area contributed by atoms with Crippen molar-refractivity contribution in [3.8, 4) is 0 Å². The van der Waals surface area contributed by atoms with Crippen LogP contribution in [-0.4, -0.2) is 45.7 Å². The Morgan fingerprint density at radius 3 is 2.45 bits per heavy atom. The molecule has 1 aliphatic rings. The number of aliphatic hydroxyl groups is 3. The predicted octanol–water partition coefficient (Wildman–Crippen LogP) is -1.98. The fourth-order valence-electron chi connectivity index (χ4n) is 0.941. The fourth-order valence-corrected chi connectivity index (χ4v) is 0.941. The third kappa shape index (κ3) is 1.11. The van der Waals surface area contributed by atoms with E-state index < -0.39 is 30.4 Å². The molecule has 0 spiro atoms. The van der Waals surface area contributed by atoms with Crippen molar-refractivity contribution >= 4 is 5.97 Å². The number of rotatable bonds is 1. The Labute approximate surface area is 63.2 Å². The molecule has 0 aromatic heterocycles. The highest BCUT2D eigenvalue weighted by Gasteiger charge is 2.52. The van der Waals surface area contributed by atoms with Crippen molar-refractivity contribution in [3.05, 3.63) is 0 Å². The average molecular weight is 162 g/mol. The van der Waals surface area contributed by atoms with Crippen LogP contribution in [0.25, 0.3) is 0 Å². The zero-order chi connectivity index (χ0) is 8.65. The topological polar surface area (TPSA) is 87.0 Å². The lowest BCUT2D eigenvalue weighted by molar-refractivity contribution is -0.155. The zero-order valence-electron chi connectivity index (χ0n) is 6.02. The average Bonchev–Trinajstić information content (AvgIpc) is 2.14. The first-order valence-electron chi connectivity index (χ1n) is 3.22. The van der Waals surface area contributed by atoms with Gasteiger partial charge in [-0.05, 0) is 6.92 Å². The monoisotopic (exact) mass is 162 g/mol. The van der Waals surface area contributed by atoms with E-state index in [-0.39, 0.29) is 0 Å². The minimum absolute atomic E-state index is 0.483. The van der Waals surface area contributed by atoms with Crippen LogP contribution in [0, 0.1) is 0 Å². The smallest absolute Gasteiger partial charge is 0.341 e. The molecule has 1 saturated heterocycles. The summed E-state index contributed by atoms with van der Waals surface area (Å²) in [5.41, 5.74) is -1.88. The number of hydrogen-bond acceptors (Lipinski definition) is 5. The highest BCUT2D eigenvalue weighted by molar-refractivity contribution is 5.82. The number of carbonyl (C=O) groups excluding carboxylic acids is 1. The summed E-state index contributed by atoms with van der Waals surface area (Å²) in [6.45, 7) is 0.665. The van der Waals surface area contributed by atoms with Gasteiger partial charge < -0.3 is 20.1 Å². The first-order valence-corrected chi connectivity index (χ1v) is 3.22. The normalized spacial score (nSPS) is 44.2. The quantitative estimate of drug-likeness (QED) is 0.389. The zero-order valence-corrected chi connectivity index (χ0v) is 6.02. The van der Waals surface area contributed by atoms with Gasteiger partial charge in [0.2, 0.25) is 0 Å². The van der Waals surface area contributed by atoms with Crippen LogP contribution < -0.4 is 0 Å². The molecule has 0 bridgehead atoms. The van der Waals surface area contributed by atoms with Crippen molar-refractivity contribution in [2.45, 2.75) is 24.7 Å². The van der Waals surface area contributed by atoms with Crippen molar-refractivity contribution in [1.29, 1.82) is 0 Å². The van der Waals surface area contributed by atoms with Crippen LogP contribution in [-0.2, 0) is 9.53 Å². The van der Waals surface area contributed by atoms with Crippen LogP contribution in [0.1, 0.15) is 6.92 Å². The molecule has 3 atom stereocenters. The molecule has 1 aliphatic heterocycles. The van der Waals surface area contributed by atoms with Crippen molar-refractivity contribution in [2.24, 2.45) is 0 Å². The minimum Gasteiger partial charge on any atom is -0.455 e. The van der Waals surface area contributed by atoms with Gasteiger partial charge in [0.1, 0.15) is 6.10 Å². The summed E-state index contributed by atoms with van der Waals surface area (Å²) in [5.74, 6) is -0.899. The van der Waals surface area contributed by atoms with Crippen LogP contribution in [0.3, 0.4) is 0 Å². The minimum atomic E-state index is -1.88. The van der Waals surface area contributed by atoms with E-state index in [0.29, 0.717) is 0 Å². The van der Waals surface area contributed by atoms with E-state index in [1.165, 1.54) is 0 Å². The highest BCUT2D eigenvalue weighted by Crippen LogP contribution is 2.25. The van der Waals surface area contributed by atoms with Crippen LogP contribution in [0.15, 0.2) is 0 Å². The van der Waals surface area contributed by atoms with Crippen LogP contribution >= 0.6 is 0 Å². The van der Waals surface area contributed by atoms with Gasteiger partial charge in [0.15, 0.2) is 11.7 Å². The van der Waals surface area contributed by atoms with Crippen molar-refractivity contribution in [3.63, 3.8) is 0 Å². The number of carbonyl (C=O) groups is 1. The molecule has 5 nitrogen and oxygen atoms in total. The van der Waals surface area contributed by atoms with Crippen LogP contribution in [0.5, 0.6) is 0 Å². The molecule has 1 heterocycles. The van der Waals surface area contributed by atoms with E-state index in [4.69, 9.17) is 10.2 Å². The van der Waals surface area contributed by atoms with E-state index in [9.17, 15) is 9.90 Å². The molecule has 0 aromatic carbocycles. The summed E-state index contributed by atoms with van der Waals surface area (Å²) < 4.78 is 4.45. The SMILES string of the molecule is C[C@@]1(O)C(=O)O[C@H](CO)C1O. The Morgan fingerprint density at radius 1 is 1.73 bits per heavy atom. The van der Waals surface area contributed by atoms with Crippen LogP contribution in [0.4, 0.5) is 0 Å². The Balaban J connectivity index is 2.80. The summed E-state index contributed by atoms with van der Waals surface area (Å²) in [6.07, 6.45) is -2.35.